The van der Waals surface area contributed by atoms with Crippen LogP contribution in [0.2, 0.25) is 5.02 Å². The van der Waals surface area contributed by atoms with E-state index >= 15 is 0 Å². The lowest BCUT2D eigenvalue weighted by Gasteiger charge is -2.24. The highest BCUT2D eigenvalue weighted by molar-refractivity contribution is 6.30. The van der Waals surface area contributed by atoms with Crippen LogP contribution < -0.4 is 5.32 Å². The zero-order chi connectivity index (χ0) is 24.8. The molecule has 2 aromatic carbocycles. The van der Waals surface area contributed by atoms with Gasteiger partial charge in [-0.05, 0) is 44.0 Å². The van der Waals surface area contributed by atoms with E-state index < -0.39 is 0 Å². The van der Waals surface area contributed by atoms with E-state index in [-0.39, 0.29) is 24.3 Å². The monoisotopic (exact) mass is 494 g/mol. The summed E-state index contributed by atoms with van der Waals surface area (Å²) in [7, 11) is 1.59. The summed E-state index contributed by atoms with van der Waals surface area (Å²) in [5.41, 5.74) is 3.60. The fourth-order valence-corrected chi connectivity index (χ4v) is 4.49. The Morgan fingerprint density at radius 2 is 1.80 bits per heavy atom. The van der Waals surface area contributed by atoms with Crippen molar-refractivity contribution in [3.8, 4) is 16.9 Å². The summed E-state index contributed by atoms with van der Waals surface area (Å²) in [6, 6.07) is 15.4. The summed E-state index contributed by atoms with van der Waals surface area (Å²) in [5, 5.41) is 3.57. The van der Waals surface area contributed by atoms with Gasteiger partial charge in [0, 0.05) is 42.0 Å². The minimum atomic E-state index is -0.297. The Bertz CT molecular complexity index is 1150. The van der Waals surface area contributed by atoms with Gasteiger partial charge < -0.3 is 9.64 Å². The van der Waals surface area contributed by atoms with Gasteiger partial charge in [-0.3, -0.25) is 19.5 Å². The van der Waals surface area contributed by atoms with Gasteiger partial charge in [0.1, 0.15) is 6.54 Å². The Hall–Kier alpha value is -3.16. The van der Waals surface area contributed by atoms with E-state index in [1.165, 1.54) is 0 Å². The molecule has 1 saturated carbocycles. The van der Waals surface area contributed by atoms with Crippen LogP contribution in [-0.4, -0.2) is 53.1 Å². The molecule has 0 atom stereocenters. The van der Waals surface area contributed by atoms with Gasteiger partial charge in [-0.15, -0.1) is 0 Å². The minimum Gasteiger partial charge on any atom is -0.383 e. The van der Waals surface area contributed by atoms with E-state index in [0.29, 0.717) is 29.8 Å². The summed E-state index contributed by atoms with van der Waals surface area (Å²) in [6.07, 6.45) is 5.76. The van der Waals surface area contributed by atoms with Gasteiger partial charge in [0.25, 0.3) is 0 Å². The Labute approximate surface area is 211 Å². The molecule has 1 aliphatic carbocycles. The van der Waals surface area contributed by atoms with Crippen molar-refractivity contribution in [1.29, 1.82) is 0 Å². The number of aromatic nitrogens is 2. The summed E-state index contributed by atoms with van der Waals surface area (Å²) in [6.45, 7) is 2.73. The number of amides is 2. The molecule has 7 nitrogen and oxygen atoms in total. The van der Waals surface area contributed by atoms with E-state index in [1.807, 2.05) is 66.2 Å². The van der Waals surface area contributed by atoms with Gasteiger partial charge in [-0.2, -0.15) is 0 Å². The quantitative estimate of drug-likeness (QED) is 0.448. The normalized spacial score (nSPS) is 13.7. The predicted octanol–water partition coefficient (Wildman–Crippen LogP) is 5.10. The maximum atomic E-state index is 13.1. The first-order valence-corrected chi connectivity index (χ1v) is 12.3. The van der Waals surface area contributed by atoms with Crippen molar-refractivity contribution in [3.63, 3.8) is 0 Å². The van der Waals surface area contributed by atoms with E-state index in [4.69, 9.17) is 21.3 Å². The third-order valence-corrected chi connectivity index (χ3v) is 6.58. The van der Waals surface area contributed by atoms with Crippen LogP contribution in [0.1, 0.15) is 31.2 Å². The molecule has 8 heteroatoms. The average Bonchev–Trinajstić information content (AvgIpc) is 3.53. The fourth-order valence-electron chi connectivity index (χ4n) is 4.37. The smallest absolute Gasteiger partial charge is 0.246 e. The van der Waals surface area contributed by atoms with Crippen LogP contribution in [-0.2, 0) is 14.3 Å². The van der Waals surface area contributed by atoms with Crippen LogP contribution in [0.4, 0.5) is 5.95 Å². The van der Waals surface area contributed by atoms with Gasteiger partial charge in [0.15, 0.2) is 0 Å². The Balaban J connectivity index is 1.58. The van der Waals surface area contributed by atoms with Crippen molar-refractivity contribution in [1.82, 2.24) is 14.5 Å². The van der Waals surface area contributed by atoms with Crippen molar-refractivity contribution in [2.75, 3.05) is 32.1 Å². The maximum Gasteiger partial charge on any atom is 0.246 e. The van der Waals surface area contributed by atoms with Gasteiger partial charge in [-0.1, -0.05) is 54.3 Å². The molecular weight excluding hydrogens is 464 g/mol. The highest BCUT2D eigenvalue weighted by atomic mass is 35.5. The number of carbonyl (C=O) groups excluding carboxylic acids is 2. The molecule has 1 aromatic heterocycles. The predicted molar refractivity (Wildman–Crippen MR) is 138 cm³/mol. The number of ether oxygens (including phenoxy) is 1. The molecule has 0 aliphatic heterocycles. The lowest BCUT2D eigenvalue weighted by atomic mass is 10.1. The van der Waals surface area contributed by atoms with Crippen LogP contribution in [0.5, 0.6) is 0 Å². The zero-order valence-electron chi connectivity index (χ0n) is 20.2. The highest BCUT2D eigenvalue weighted by Crippen LogP contribution is 2.27. The topological polar surface area (TPSA) is 76.5 Å². The standard InChI is InChI=1S/C27H31ClN4O3/c1-19-7-13-23(14-8-19)32-17-24(20-9-11-22(28)12-10-20)29-27(32)30-25(33)18-31(15-16-35-2)26(34)21-5-3-4-6-21/h7-14,17,21H,3-6,15-16,18H2,1-2H3,(H,29,30,33). The number of carbonyl (C=O) groups is 2. The molecule has 1 N–H and O–H groups in total. The van der Waals surface area contributed by atoms with E-state index in [1.54, 1.807) is 12.0 Å². The Kier molecular flexibility index (Phi) is 8.21. The molecule has 0 spiro atoms. The van der Waals surface area contributed by atoms with Gasteiger partial charge in [0.05, 0.1) is 12.3 Å². The number of hydrogen-bond donors (Lipinski definition) is 1. The van der Waals surface area contributed by atoms with Crippen LogP contribution in [0.15, 0.2) is 54.7 Å². The number of benzene rings is 2. The molecule has 0 unspecified atom stereocenters. The number of hydrogen-bond acceptors (Lipinski definition) is 4. The molecule has 1 aliphatic rings. The molecule has 184 valence electrons. The van der Waals surface area contributed by atoms with Crippen molar-refractivity contribution in [2.24, 2.45) is 5.92 Å². The lowest BCUT2D eigenvalue weighted by Crippen LogP contribution is -2.42. The molecule has 0 radical (unpaired) electrons. The van der Waals surface area contributed by atoms with Crippen molar-refractivity contribution >= 4 is 29.4 Å². The van der Waals surface area contributed by atoms with Crippen LogP contribution in [0.3, 0.4) is 0 Å². The number of imidazole rings is 1. The lowest BCUT2D eigenvalue weighted by molar-refractivity contribution is -0.138. The molecule has 2 amide bonds. The van der Waals surface area contributed by atoms with Gasteiger partial charge in [-0.25, -0.2) is 4.98 Å². The summed E-state index contributed by atoms with van der Waals surface area (Å²) >= 11 is 6.05. The first-order valence-electron chi connectivity index (χ1n) is 11.9. The molecule has 4 rings (SSSR count). The van der Waals surface area contributed by atoms with Crippen LogP contribution in [0, 0.1) is 12.8 Å². The molecule has 35 heavy (non-hydrogen) atoms. The number of halogens is 1. The summed E-state index contributed by atoms with van der Waals surface area (Å²) < 4.78 is 7.03. The summed E-state index contributed by atoms with van der Waals surface area (Å²) in [5.74, 6) is 0.113. The third-order valence-electron chi connectivity index (χ3n) is 6.33. The number of anilines is 1. The second-order valence-corrected chi connectivity index (χ2v) is 9.38. The molecule has 3 aromatic rings. The molecule has 1 fully saturated rings. The SMILES string of the molecule is COCCN(CC(=O)Nc1nc(-c2ccc(Cl)cc2)cn1-c1ccc(C)cc1)C(=O)C1CCCC1. The van der Waals surface area contributed by atoms with E-state index in [2.05, 4.69) is 5.32 Å². The summed E-state index contributed by atoms with van der Waals surface area (Å²) in [4.78, 5) is 32.5. The molecule has 0 saturated heterocycles. The minimum absolute atomic E-state index is 0.00860. The largest absolute Gasteiger partial charge is 0.383 e. The number of nitrogens with one attached hydrogen (secondary N) is 1. The van der Waals surface area contributed by atoms with E-state index in [0.717, 1.165) is 42.5 Å². The number of nitrogens with zero attached hydrogens (tertiary/aromatic N) is 3. The maximum absolute atomic E-state index is 13.1. The van der Waals surface area contributed by atoms with Crippen LogP contribution in [0.25, 0.3) is 16.9 Å². The first kappa shape index (κ1) is 24.9. The van der Waals surface area contributed by atoms with Crippen molar-refractivity contribution in [3.05, 3.63) is 65.3 Å². The van der Waals surface area contributed by atoms with Gasteiger partial charge >= 0.3 is 0 Å². The Morgan fingerprint density at radius 3 is 2.46 bits per heavy atom. The van der Waals surface area contributed by atoms with E-state index in [9.17, 15) is 9.59 Å². The zero-order valence-corrected chi connectivity index (χ0v) is 20.9. The number of aryl methyl sites for hydroxylation is 1. The van der Waals surface area contributed by atoms with Gasteiger partial charge in [0.2, 0.25) is 17.8 Å². The van der Waals surface area contributed by atoms with Crippen molar-refractivity contribution in [2.45, 2.75) is 32.6 Å². The molecular formula is C27H31ClN4O3. The van der Waals surface area contributed by atoms with Crippen molar-refractivity contribution < 1.29 is 14.3 Å². The average molecular weight is 495 g/mol. The highest BCUT2D eigenvalue weighted by Gasteiger charge is 2.28. The first-order chi connectivity index (χ1) is 16.9. The molecule has 0 bridgehead atoms. The Morgan fingerprint density at radius 1 is 1.11 bits per heavy atom. The second-order valence-electron chi connectivity index (χ2n) is 8.94. The van der Waals surface area contributed by atoms with Crippen LogP contribution >= 0.6 is 11.6 Å². The number of methoxy groups -OCH3 is 1. The second kappa shape index (κ2) is 11.5. The third kappa shape index (κ3) is 6.29. The fraction of sp³-hybridized carbons (Fsp3) is 0.370. The number of rotatable bonds is 9. The molecule has 1 heterocycles.